The Bertz CT molecular complexity index is 648. The minimum Gasteiger partial charge on any atom is -0.348 e. The van der Waals surface area contributed by atoms with Crippen LogP contribution in [0.1, 0.15) is 36.7 Å². The molecular formula is C18H24N3O+. The van der Waals surface area contributed by atoms with E-state index in [0.717, 1.165) is 36.8 Å². The molecule has 0 atom stereocenters. The van der Waals surface area contributed by atoms with E-state index in [1.165, 1.54) is 13.0 Å². The fourth-order valence-corrected chi connectivity index (χ4v) is 3.23. The molecule has 1 aromatic heterocycles. The van der Waals surface area contributed by atoms with Crippen LogP contribution in [0.4, 0.5) is 0 Å². The minimum atomic E-state index is -0.0466. The van der Waals surface area contributed by atoms with E-state index in [1.807, 2.05) is 36.4 Å². The molecule has 1 aliphatic heterocycles. The summed E-state index contributed by atoms with van der Waals surface area (Å²) in [6.45, 7) is 5.78. The van der Waals surface area contributed by atoms with Gasteiger partial charge in [0.05, 0.1) is 25.2 Å². The summed E-state index contributed by atoms with van der Waals surface area (Å²) < 4.78 is 0. The zero-order valence-electron chi connectivity index (χ0n) is 13.1. The van der Waals surface area contributed by atoms with Gasteiger partial charge in [-0.1, -0.05) is 31.2 Å². The number of amides is 1. The second-order valence-electron chi connectivity index (χ2n) is 6.14. The van der Waals surface area contributed by atoms with Gasteiger partial charge in [-0.05, 0) is 18.6 Å². The number of hydrogen-bond acceptors (Lipinski definition) is 2. The molecule has 116 valence electrons. The maximum absolute atomic E-state index is 12.4. The number of aromatic nitrogens is 1. The summed E-state index contributed by atoms with van der Waals surface area (Å²) in [5, 5.41) is 4.21. The highest BCUT2D eigenvalue weighted by atomic mass is 16.1. The van der Waals surface area contributed by atoms with Crippen molar-refractivity contribution in [1.29, 1.82) is 0 Å². The van der Waals surface area contributed by atoms with E-state index in [-0.39, 0.29) is 5.91 Å². The normalized spacial score (nSPS) is 21.7. The van der Waals surface area contributed by atoms with Gasteiger partial charge >= 0.3 is 0 Å². The maximum Gasteiger partial charge on any atom is 0.270 e. The lowest BCUT2D eigenvalue weighted by molar-refractivity contribution is -0.905. The summed E-state index contributed by atoms with van der Waals surface area (Å²) in [5.41, 5.74) is 1.39. The zero-order chi connectivity index (χ0) is 15.4. The smallest absolute Gasteiger partial charge is 0.270 e. The first-order chi connectivity index (χ1) is 10.8. The number of pyridine rings is 1. The second kappa shape index (κ2) is 6.88. The summed E-state index contributed by atoms with van der Waals surface area (Å²) in [4.78, 5) is 18.5. The third-order valence-electron chi connectivity index (χ3n) is 4.46. The summed E-state index contributed by atoms with van der Waals surface area (Å²) >= 11 is 0. The predicted octanol–water partition coefficient (Wildman–Crippen LogP) is 1.42. The number of fused-ring (bicyclic) bond motifs is 1. The molecular weight excluding hydrogens is 274 g/mol. The number of hydrogen-bond donors (Lipinski definition) is 2. The van der Waals surface area contributed by atoms with Gasteiger partial charge < -0.3 is 10.2 Å². The molecule has 2 N–H and O–H groups in total. The van der Waals surface area contributed by atoms with Crippen LogP contribution in [0, 0.1) is 0 Å². The number of benzene rings is 1. The Kier molecular flexibility index (Phi) is 4.68. The van der Waals surface area contributed by atoms with Crippen molar-refractivity contribution in [3.05, 3.63) is 42.1 Å². The Morgan fingerprint density at radius 2 is 2.00 bits per heavy atom. The van der Waals surface area contributed by atoms with Crippen molar-refractivity contribution in [2.45, 2.75) is 32.2 Å². The van der Waals surface area contributed by atoms with Crippen LogP contribution >= 0.6 is 0 Å². The van der Waals surface area contributed by atoms with Gasteiger partial charge in [-0.3, -0.25) is 4.79 Å². The highest BCUT2D eigenvalue weighted by Gasteiger charge is 2.23. The SMILES string of the molecule is CCC[NH+]1CCC(NC(=O)c2ccc3ccccc3n2)CC1. The molecule has 0 spiro atoms. The van der Waals surface area contributed by atoms with Crippen LogP contribution in [-0.2, 0) is 0 Å². The molecule has 1 amide bonds. The van der Waals surface area contributed by atoms with Crippen molar-refractivity contribution in [2.24, 2.45) is 0 Å². The molecule has 1 aliphatic rings. The topological polar surface area (TPSA) is 46.4 Å². The Hall–Kier alpha value is -1.94. The molecule has 4 nitrogen and oxygen atoms in total. The van der Waals surface area contributed by atoms with Crippen molar-refractivity contribution in [3.8, 4) is 0 Å². The van der Waals surface area contributed by atoms with Crippen LogP contribution in [0.3, 0.4) is 0 Å². The molecule has 2 aromatic rings. The summed E-state index contributed by atoms with van der Waals surface area (Å²) in [6.07, 6.45) is 3.36. The van der Waals surface area contributed by atoms with Crippen molar-refractivity contribution < 1.29 is 9.69 Å². The highest BCUT2D eigenvalue weighted by molar-refractivity contribution is 5.95. The van der Waals surface area contributed by atoms with E-state index in [4.69, 9.17) is 0 Å². The number of nitrogens with zero attached hydrogens (tertiary/aromatic N) is 1. The molecule has 1 aromatic carbocycles. The van der Waals surface area contributed by atoms with Crippen molar-refractivity contribution in [3.63, 3.8) is 0 Å². The maximum atomic E-state index is 12.4. The monoisotopic (exact) mass is 298 g/mol. The van der Waals surface area contributed by atoms with Gasteiger partial charge in [-0.15, -0.1) is 0 Å². The van der Waals surface area contributed by atoms with E-state index in [2.05, 4.69) is 17.2 Å². The molecule has 0 saturated carbocycles. The molecule has 0 unspecified atom stereocenters. The van der Waals surface area contributed by atoms with Crippen molar-refractivity contribution >= 4 is 16.8 Å². The molecule has 0 radical (unpaired) electrons. The number of para-hydroxylation sites is 1. The van der Waals surface area contributed by atoms with Gasteiger partial charge in [-0.25, -0.2) is 4.98 Å². The average Bonchev–Trinajstić information content (AvgIpc) is 2.56. The fourth-order valence-electron chi connectivity index (χ4n) is 3.23. The predicted molar refractivity (Wildman–Crippen MR) is 88.1 cm³/mol. The fraction of sp³-hybridized carbons (Fsp3) is 0.444. The Morgan fingerprint density at radius 1 is 1.23 bits per heavy atom. The lowest BCUT2D eigenvalue weighted by atomic mass is 10.0. The van der Waals surface area contributed by atoms with Crippen LogP contribution in [-0.4, -0.2) is 36.6 Å². The van der Waals surface area contributed by atoms with Gasteiger partial charge in [-0.2, -0.15) is 0 Å². The van der Waals surface area contributed by atoms with E-state index in [9.17, 15) is 4.79 Å². The van der Waals surface area contributed by atoms with Gasteiger partial charge in [0.15, 0.2) is 0 Å². The van der Waals surface area contributed by atoms with Crippen molar-refractivity contribution in [2.75, 3.05) is 19.6 Å². The average molecular weight is 298 g/mol. The first-order valence-electron chi connectivity index (χ1n) is 8.26. The Labute approximate surface area is 131 Å². The Morgan fingerprint density at radius 3 is 2.77 bits per heavy atom. The quantitative estimate of drug-likeness (QED) is 0.897. The lowest BCUT2D eigenvalue weighted by Crippen LogP contribution is -3.13. The van der Waals surface area contributed by atoms with Gasteiger partial charge in [0.25, 0.3) is 5.91 Å². The molecule has 4 heteroatoms. The largest absolute Gasteiger partial charge is 0.348 e. The number of quaternary nitrogens is 1. The molecule has 1 saturated heterocycles. The standard InChI is InChI=1S/C18H23N3O/c1-2-11-21-12-9-15(10-13-21)19-18(22)17-8-7-14-5-3-4-6-16(14)20-17/h3-8,15H,2,9-13H2,1H3,(H,19,22)/p+1. The van der Waals surface area contributed by atoms with E-state index in [1.54, 1.807) is 4.90 Å². The first-order valence-corrected chi connectivity index (χ1v) is 8.26. The number of rotatable bonds is 4. The number of carbonyl (C=O) groups excluding carboxylic acids is 1. The first kappa shape index (κ1) is 15.0. The second-order valence-corrected chi connectivity index (χ2v) is 6.14. The van der Waals surface area contributed by atoms with E-state index in [0.29, 0.717) is 11.7 Å². The van der Waals surface area contributed by atoms with E-state index < -0.39 is 0 Å². The number of piperidine rings is 1. The third kappa shape index (κ3) is 3.45. The molecule has 3 rings (SSSR count). The number of likely N-dealkylation sites (tertiary alicyclic amines) is 1. The van der Waals surface area contributed by atoms with Gasteiger partial charge in [0.2, 0.25) is 0 Å². The van der Waals surface area contributed by atoms with Crippen LogP contribution in [0.2, 0.25) is 0 Å². The van der Waals surface area contributed by atoms with Gasteiger partial charge in [0.1, 0.15) is 5.69 Å². The highest BCUT2D eigenvalue weighted by Crippen LogP contribution is 2.12. The minimum absolute atomic E-state index is 0.0466. The lowest BCUT2D eigenvalue weighted by Gasteiger charge is -2.29. The molecule has 2 heterocycles. The Balaban J connectivity index is 1.61. The molecule has 0 aliphatic carbocycles. The molecule has 0 bridgehead atoms. The molecule has 1 fully saturated rings. The van der Waals surface area contributed by atoms with Crippen LogP contribution in [0.25, 0.3) is 10.9 Å². The number of nitrogens with one attached hydrogen (secondary N) is 2. The summed E-state index contributed by atoms with van der Waals surface area (Å²) in [6, 6.07) is 12.0. The van der Waals surface area contributed by atoms with Crippen LogP contribution < -0.4 is 10.2 Å². The van der Waals surface area contributed by atoms with Gasteiger partial charge in [0, 0.05) is 24.3 Å². The van der Waals surface area contributed by atoms with Crippen molar-refractivity contribution in [1.82, 2.24) is 10.3 Å². The molecule has 22 heavy (non-hydrogen) atoms. The summed E-state index contributed by atoms with van der Waals surface area (Å²) in [5.74, 6) is -0.0466. The van der Waals surface area contributed by atoms with Crippen LogP contribution in [0.5, 0.6) is 0 Å². The zero-order valence-corrected chi connectivity index (χ0v) is 13.1. The summed E-state index contributed by atoms with van der Waals surface area (Å²) in [7, 11) is 0. The third-order valence-corrected chi connectivity index (χ3v) is 4.46. The van der Waals surface area contributed by atoms with E-state index >= 15 is 0 Å². The number of carbonyl (C=O) groups is 1. The van der Waals surface area contributed by atoms with Crippen LogP contribution in [0.15, 0.2) is 36.4 Å².